The van der Waals surface area contributed by atoms with Gasteiger partial charge in [0, 0.05) is 28.5 Å². The maximum atomic E-state index is 5.91. The van der Waals surface area contributed by atoms with Gasteiger partial charge in [0.2, 0.25) is 0 Å². The number of methoxy groups -OCH3 is 1. The zero-order valence-electron chi connectivity index (χ0n) is 24.9. The minimum atomic E-state index is 0.00156. The summed E-state index contributed by atoms with van der Waals surface area (Å²) in [6.07, 6.45) is 1.84. The number of aromatic nitrogens is 4. The first-order valence-electron chi connectivity index (χ1n) is 14.1. The van der Waals surface area contributed by atoms with Crippen molar-refractivity contribution in [3.8, 4) is 51.2 Å². The Morgan fingerprint density at radius 1 is 0.537 bits per heavy atom. The average Bonchev–Trinajstić information content (AvgIpc) is 3.10. The Balaban J connectivity index is 1.46. The van der Waals surface area contributed by atoms with Crippen molar-refractivity contribution in [2.24, 2.45) is 5.41 Å². The van der Waals surface area contributed by atoms with Crippen LogP contribution in [-0.2, 0) is 10.8 Å². The molecular weight excluding hydrogens is 504 g/mol. The van der Waals surface area contributed by atoms with Gasteiger partial charge in [-0.15, -0.1) is 0 Å². The molecule has 0 unspecified atom stereocenters. The van der Waals surface area contributed by atoms with Crippen LogP contribution in [0.5, 0.6) is 5.75 Å². The third-order valence-electron chi connectivity index (χ3n) is 9.79. The highest BCUT2D eigenvalue weighted by Gasteiger charge is 2.56. The smallest absolute Gasteiger partial charge is 0.165 e. The molecule has 0 spiro atoms. The molecule has 2 heterocycles. The van der Waals surface area contributed by atoms with E-state index < -0.39 is 0 Å². The predicted octanol–water partition coefficient (Wildman–Crippen LogP) is 8.54. The number of benzene rings is 3. The highest BCUT2D eigenvalue weighted by Crippen LogP contribution is 2.61. The molecule has 1 aliphatic carbocycles. The predicted molar refractivity (Wildman–Crippen MR) is 166 cm³/mol. The second kappa shape index (κ2) is 9.62. The lowest BCUT2D eigenvalue weighted by molar-refractivity contribution is 0.125. The van der Waals surface area contributed by atoms with Gasteiger partial charge in [0.15, 0.2) is 17.5 Å². The van der Waals surface area contributed by atoms with Gasteiger partial charge in [0.25, 0.3) is 0 Å². The van der Waals surface area contributed by atoms with Crippen LogP contribution in [0.1, 0.15) is 52.7 Å². The van der Waals surface area contributed by atoms with E-state index >= 15 is 0 Å². The topological polar surface area (TPSA) is 60.8 Å². The summed E-state index contributed by atoms with van der Waals surface area (Å²) in [5.74, 6) is 2.46. The number of ether oxygens (including phenoxy) is 1. The molecule has 0 N–H and O–H groups in total. The summed E-state index contributed by atoms with van der Waals surface area (Å²) in [7, 11) is 1.69. The van der Waals surface area contributed by atoms with Crippen LogP contribution in [0.15, 0.2) is 91.1 Å². The Bertz CT molecular complexity index is 1680. The second-order valence-electron chi connectivity index (χ2n) is 12.4. The maximum Gasteiger partial charge on any atom is 0.165 e. The van der Waals surface area contributed by atoms with Crippen molar-refractivity contribution in [3.05, 3.63) is 102 Å². The number of hydrogen-bond donors (Lipinski definition) is 0. The molecule has 6 rings (SSSR count). The molecule has 1 aliphatic rings. The minimum Gasteiger partial charge on any atom is -0.494 e. The molecule has 0 amide bonds. The van der Waals surface area contributed by atoms with Gasteiger partial charge >= 0.3 is 0 Å². The highest BCUT2D eigenvalue weighted by atomic mass is 16.5. The molecule has 0 atom stereocenters. The Hall–Kier alpha value is -4.38. The van der Waals surface area contributed by atoms with E-state index in [0.717, 1.165) is 27.9 Å². The van der Waals surface area contributed by atoms with Crippen LogP contribution in [0.2, 0.25) is 0 Å². The third kappa shape index (κ3) is 4.22. The number of pyridine rings is 1. The van der Waals surface area contributed by atoms with Crippen LogP contribution in [0.3, 0.4) is 0 Å². The third-order valence-corrected chi connectivity index (χ3v) is 9.79. The van der Waals surface area contributed by atoms with Crippen molar-refractivity contribution in [2.45, 2.75) is 52.4 Å². The van der Waals surface area contributed by atoms with Crippen LogP contribution in [0.4, 0.5) is 0 Å². The van der Waals surface area contributed by atoms with E-state index in [1.165, 1.54) is 11.1 Å². The van der Waals surface area contributed by atoms with Crippen molar-refractivity contribution in [1.29, 1.82) is 0 Å². The van der Waals surface area contributed by atoms with Gasteiger partial charge in [0.05, 0.1) is 7.11 Å². The molecule has 0 bridgehead atoms. The van der Waals surface area contributed by atoms with E-state index in [1.54, 1.807) is 7.11 Å². The summed E-state index contributed by atoms with van der Waals surface area (Å²) >= 11 is 0. The fraction of sp³-hybridized carbons (Fsp3) is 0.278. The summed E-state index contributed by atoms with van der Waals surface area (Å²) in [4.78, 5) is 19.4. The summed E-state index contributed by atoms with van der Waals surface area (Å²) in [6.45, 7) is 14.2. The molecule has 206 valence electrons. The Morgan fingerprint density at radius 3 is 1.59 bits per heavy atom. The van der Waals surface area contributed by atoms with Gasteiger partial charge in [-0.05, 0) is 39.5 Å². The van der Waals surface area contributed by atoms with Gasteiger partial charge in [-0.1, -0.05) is 114 Å². The van der Waals surface area contributed by atoms with Gasteiger partial charge in [-0.25, -0.2) is 15.0 Å². The molecule has 3 aromatic carbocycles. The van der Waals surface area contributed by atoms with Gasteiger partial charge in [0.1, 0.15) is 11.4 Å². The normalized spacial score (nSPS) is 16.3. The second-order valence-corrected chi connectivity index (χ2v) is 12.4. The summed E-state index contributed by atoms with van der Waals surface area (Å²) in [5, 5.41) is 0. The zero-order valence-corrected chi connectivity index (χ0v) is 24.9. The molecule has 2 aromatic heterocycles. The number of fused-ring (bicyclic) bond motifs is 1. The minimum absolute atomic E-state index is 0.00156. The number of rotatable bonds is 5. The molecule has 5 heteroatoms. The quantitative estimate of drug-likeness (QED) is 0.224. The van der Waals surface area contributed by atoms with E-state index in [2.05, 4.69) is 59.7 Å². The van der Waals surface area contributed by atoms with Crippen LogP contribution in [-0.4, -0.2) is 27.0 Å². The Morgan fingerprint density at radius 2 is 1.05 bits per heavy atom. The summed E-state index contributed by atoms with van der Waals surface area (Å²) in [6, 6.07) is 28.7. The lowest BCUT2D eigenvalue weighted by Crippen LogP contribution is -2.42. The van der Waals surface area contributed by atoms with Gasteiger partial charge in [-0.2, -0.15) is 0 Å². The molecule has 0 saturated heterocycles. The Kier molecular flexibility index (Phi) is 6.29. The van der Waals surface area contributed by atoms with Crippen molar-refractivity contribution < 1.29 is 4.74 Å². The van der Waals surface area contributed by atoms with Crippen LogP contribution in [0, 0.1) is 5.41 Å². The fourth-order valence-electron chi connectivity index (χ4n) is 6.09. The molecule has 5 aromatic rings. The summed E-state index contributed by atoms with van der Waals surface area (Å²) in [5.41, 5.74) is 7.39. The van der Waals surface area contributed by atoms with E-state index in [9.17, 15) is 0 Å². The van der Waals surface area contributed by atoms with E-state index in [-0.39, 0.29) is 16.2 Å². The maximum absolute atomic E-state index is 5.91. The molecule has 0 radical (unpaired) electrons. The first-order chi connectivity index (χ1) is 19.5. The number of nitrogens with zero attached hydrogens (tertiary/aromatic N) is 4. The van der Waals surface area contributed by atoms with Gasteiger partial charge in [-0.3, -0.25) is 4.98 Å². The van der Waals surface area contributed by atoms with Crippen LogP contribution < -0.4 is 4.74 Å². The summed E-state index contributed by atoms with van der Waals surface area (Å²) < 4.78 is 5.91. The van der Waals surface area contributed by atoms with Gasteiger partial charge < -0.3 is 4.74 Å². The lowest BCUT2D eigenvalue weighted by Gasteiger charge is -2.44. The fourth-order valence-corrected chi connectivity index (χ4v) is 6.09. The molecule has 0 saturated carbocycles. The van der Waals surface area contributed by atoms with Crippen molar-refractivity contribution in [2.75, 3.05) is 7.11 Å². The monoisotopic (exact) mass is 540 g/mol. The zero-order chi connectivity index (χ0) is 29.0. The van der Waals surface area contributed by atoms with E-state index in [4.69, 9.17) is 24.7 Å². The van der Waals surface area contributed by atoms with E-state index in [1.807, 2.05) is 72.9 Å². The van der Waals surface area contributed by atoms with Crippen LogP contribution in [0.25, 0.3) is 45.4 Å². The lowest BCUT2D eigenvalue weighted by atomic mass is 9.59. The molecule has 0 fully saturated rings. The Labute approximate surface area is 242 Å². The average molecular weight is 541 g/mol. The van der Waals surface area contributed by atoms with E-state index in [0.29, 0.717) is 23.2 Å². The largest absolute Gasteiger partial charge is 0.494 e. The van der Waals surface area contributed by atoms with Crippen molar-refractivity contribution in [3.63, 3.8) is 0 Å². The standard InChI is InChI=1S/C36H36N4O/c1-34(2)27-19-18-25(20-28(27)35(3,4)36(34,5)6)30-29(41-7)21-26(22-37-30)33-39-31(23-14-10-8-11-15-23)38-32(40-33)24-16-12-9-13-17-24/h8-22H,1-7H3. The van der Waals surface area contributed by atoms with Crippen molar-refractivity contribution in [1.82, 2.24) is 19.9 Å². The molecule has 41 heavy (non-hydrogen) atoms. The molecule has 0 aliphatic heterocycles. The molecular formula is C36H36N4O. The first kappa shape index (κ1) is 26.8. The molecule has 5 nitrogen and oxygen atoms in total. The number of hydrogen-bond acceptors (Lipinski definition) is 5. The van der Waals surface area contributed by atoms with Crippen molar-refractivity contribution >= 4 is 0 Å². The highest BCUT2D eigenvalue weighted by molar-refractivity contribution is 5.74. The first-order valence-corrected chi connectivity index (χ1v) is 14.1. The van der Waals surface area contributed by atoms with Crippen LogP contribution >= 0.6 is 0 Å². The SMILES string of the molecule is COc1cc(-c2nc(-c3ccccc3)nc(-c3ccccc3)n2)cnc1-c1ccc2c(c1)C(C)(C)C(C)(C)C2(C)C.